The summed E-state index contributed by atoms with van der Waals surface area (Å²) >= 11 is 7.25. The van der Waals surface area contributed by atoms with Gasteiger partial charge >= 0.3 is 0 Å². The van der Waals surface area contributed by atoms with Crippen LogP contribution >= 0.6 is 23.6 Å². The summed E-state index contributed by atoms with van der Waals surface area (Å²) in [4.78, 5) is 30.0. The minimum Gasteiger partial charge on any atom is -0.493 e. The number of carbonyl (C=O) groups is 2. The van der Waals surface area contributed by atoms with Crippen LogP contribution < -0.4 is 14.8 Å². The summed E-state index contributed by atoms with van der Waals surface area (Å²) in [7, 11) is 3.20. The normalized spacial score (nSPS) is 16.0. The molecule has 0 bridgehead atoms. The summed E-state index contributed by atoms with van der Waals surface area (Å²) in [6.07, 6.45) is 0.728. The largest absolute Gasteiger partial charge is 0.493 e. The van der Waals surface area contributed by atoms with Gasteiger partial charge in [-0.05, 0) is 54.7 Å². The minimum atomic E-state index is -0.598. The zero-order valence-corrected chi connectivity index (χ0v) is 19.6. The van der Waals surface area contributed by atoms with Gasteiger partial charge in [0.15, 0.2) is 16.6 Å². The van der Waals surface area contributed by atoms with E-state index in [-0.39, 0.29) is 18.2 Å². The lowest BCUT2D eigenvalue weighted by Gasteiger charge is -2.24. The van der Waals surface area contributed by atoms with E-state index in [0.29, 0.717) is 42.7 Å². The van der Waals surface area contributed by atoms with Crippen LogP contribution in [0, 0.1) is 0 Å². The van der Waals surface area contributed by atoms with Crippen molar-refractivity contribution in [1.29, 1.82) is 0 Å². The first-order valence-electron chi connectivity index (χ1n) is 10.1. The second-order valence-corrected chi connectivity index (χ2v) is 8.49. The highest BCUT2D eigenvalue weighted by molar-refractivity contribution is 7.80. The van der Waals surface area contributed by atoms with Crippen LogP contribution in [-0.2, 0) is 22.6 Å². The second kappa shape index (κ2) is 10.6. The van der Waals surface area contributed by atoms with Crippen molar-refractivity contribution in [2.24, 2.45) is 0 Å². The maximum absolute atomic E-state index is 13.2. The van der Waals surface area contributed by atoms with Crippen LogP contribution in [0.5, 0.6) is 11.5 Å². The highest BCUT2D eigenvalue weighted by Crippen LogP contribution is 2.29. The fraction of sp³-hybridized carbons (Fsp3) is 0.409. The SMILES string of the molecule is CCNC(=O)C[C@@H]1C(=O)N(Cc2cccs2)C(=S)N1CCc1ccc(OC)c(OC)c1. The van der Waals surface area contributed by atoms with Gasteiger partial charge in [-0.1, -0.05) is 12.1 Å². The van der Waals surface area contributed by atoms with E-state index in [1.54, 1.807) is 30.5 Å². The Kier molecular flexibility index (Phi) is 7.86. The zero-order chi connectivity index (χ0) is 22.4. The molecule has 1 atom stereocenters. The molecular formula is C22H27N3O4S2. The van der Waals surface area contributed by atoms with Crippen LogP contribution in [-0.4, -0.2) is 60.1 Å². The molecule has 0 saturated carbocycles. The first-order valence-corrected chi connectivity index (χ1v) is 11.4. The van der Waals surface area contributed by atoms with Crippen molar-refractivity contribution >= 4 is 40.5 Å². The number of benzene rings is 1. The first kappa shape index (κ1) is 23.0. The van der Waals surface area contributed by atoms with Crippen LogP contribution in [0.2, 0.25) is 0 Å². The number of hydrogen-bond acceptors (Lipinski definition) is 6. The lowest BCUT2D eigenvalue weighted by Crippen LogP contribution is -2.40. The number of nitrogens with zero attached hydrogens (tertiary/aromatic N) is 2. The van der Waals surface area contributed by atoms with Gasteiger partial charge in [-0.2, -0.15) is 0 Å². The van der Waals surface area contributed by atoms with Crippen LogP contribution in [0.25, 0.3) is 0 Å². The third-order valence-corrected chi connectivity index (χ3v) is 6.46. The fourth-order valence-electron chi connectivity index (χ4n) is 3.58. The average Bonchev–Trinajstić information content (AvgIpc) is 3.35. The Balaban J connectivity index is 1.77. The predicted octanol–water partition coefficient (Wildman–Crippen LogP) is 2.83. The predicted molar refractivity (Wildman–Crippen MR) is 125 cm³/mol. The third-order valence-electron chi connectivity index (χ3n) is 5.14. The van der Waals surface area contributed by atoms with Crippen LogP contribution in [0.3, 0.4) is 0 Å². The smallest absolute Gasteiger partial charge is 0.252 e. The Morgan fingerprint density at radius 3 is 2.65 bits per heavy atom. The van der Waals surface area contributed by atoms with Crippen molar-refractivity contribution in [2.45, 2.75) is 32.4 Å². The number of amides is 2. The Morgan fingerprint density at radius 2 is 2.00 bits per heavy atom. The lowest BCUT2D eigenvalue weighted by atomic mass is 10.1. The van der Waals surface area contributed by atoms with E-state index in [2.05, 4.69) is 5.32 Å². The Morgan fingerprint density at radius 1 is 1.23 bits per heavy atom. The maximum Gasteiger partial charge on any atom is 0.252 e. The molecule has 0 unspecified atom stereocenters. The molecule has 1 saturated heterocycles. The number of hydrogen-bond donors (Lipinski definition) is 1. The van der Waals surface area contributed by atoms with Crippen molar-refractivity contribution in [2.75, 3.05) is 27.3 Å². The lowest BCUT2D eigenvalue weighted by molar-refractivity contribution is -0.132. The Labute approximate surface area is 191 Å². The molecule has 166 valence electrons. The maximum atomic E-state index is 13.2. The van der Waals surface area contributed by atoms with Gasteiger partial charge in [0.05, 0.1) is 27.2 Å². The average molecular weight is 462 g/mol. The van der Waals surface area contributed by atoms with Gasteiger partial charge in [-0.25, -0.2) is 0 Å². The highest BCUT2D eigenvalue weighted by Gasteiger charge is 2.43. The molecule has 1 N–H and O–H groups in total. The summed E-state index contributed by atoms with van der Waals surface area (Å²) in [6, 6.07) is 9.07. The van der Waals surface area contributed by atoms with Gasteiger partial charge in [0.25, 0.3) is 5.91 Å². The van der Waals surface area contributed by atoms with Gasteiger partial charge in [0.1, 0.15) is 6.04 Å². The molecule has 1 fully saturated rings. The topological polar surface area (TPSA) is 71.1 Å². The highest BCUT2D eigenvalue weighted by atomic mass is 32.1. The number of thiophene rings is 1. The van der Waals surface area contributed by atoms with Gasteiger partial charge in [-0.3, -0.25) is 14.5 Å². The number of methoxy groups -OCH3 is 2. The summed E-state index contributed by atoms with van der Waals surface area (Å²) < 4.78 is 10.7. The van der Waals surface area contributed by atoms with E-state index < -0.39 is 6.04 Å². The molecule has 1 aliphatic rings. The number of ether oxygens (including phenoxy) is 2. The van der Waals surface area contributed by atoms with Gasteiger partial charge in [-0.15, -0.1) is 11.3 Å². The molecule has 1 aromatic carbocycles. The van der Waals surface area contributed by atoms with Crippen LogP contribution in [0.1, 0.15) is 23.8 Å². The van der Waals surface area contributed by atoms with Gasteiger partial charge < -0.3 is 19.7 Å². The molecule has 0 radical (unpaired) electrons. The quantitative estimate of drug-likeness (QED) is 0.549. The van der Waals surface area contributed by atoms with Crippen molar-refractivity contribution in [1.82, 2.24) is 15.1 Å². The molecular weight excluding hydrogens is 434 g/mol. The zero-order valence-electron chi connectivity index (χ0n) is 17.9. The molecule has 2 amide bonds. The van der Waals surface area contributed by atoms with Crippen LogP contribution in [0.4, 0.5) is 0 Å². The van der Waals surface area contributed by atoms with E-state index in [0.717, 1.165) is 10.4 Å². The number of carbonyl (C=O) groups excluding carboxylic acids is 2. The summed E-state index contributed by atoms with van der Waals surface area (Å²) in [5.41, 5.74) is 1.03. The van der Waals surface area contributed by atoms with Crippen molar-refractivity contribution in [3.05, 3.63) is 46.2 Å². The molecule has 0 spiro atoms. The molecule has 2 aromatic rings. The molecule has 3 rings (SSSR count). The molecule has 1 aliphatic heterocycles. The van der Waals surface area contributed by atoms with Crippen molar-refractivity contribution in [3.63, 3.8) is 0 Å². The van der Waals surface area contributed by atoms with Crippen molar-refractivity contribution < 1.29 is 19.1 Å². The van der Waals surface area contributed by atoms with Gasteiger partial charge in [0, 0.05) is 18.0 Å². The van der Waals surface area contributed by atoms with E-state index in [9.17, 15) is 9.59 Å². The van der Waals surface area contributed by atoms with E-state index in [4.69, 9.17) is 21.7 Å². The summed E-state index contributed by atoms with van der Waals surface area (Å²) in [5, 5.41) is 5.22. The summed E-state index contributed by atoms with van der Waals surface area (Å²) in [5.74, 6) is 1.03. The Bertz CT molecular complexity index is 933. The van der Waals surface area contributed by atoms with Crippen LogP contribution in [0.15, 0.2) is 35.7 Å². The fourth-order valence-corrected chi connectivity index (χ4v) is 4.65. The standard InChI is InChI=1S/C22H27N3O4S2/c1-4-23-20(26)13-17-21(27)25(14-16-6-5-11-31-16)22(30)24(17)10-9-15-7-8-18(28-2)19(12-15)29-3/h5-8,11-12,17H,4,9-10,13-14H2,1-3H3,(H,23,26)/t17-/m1/s1. The number of rotatable bonds is 10. The molecule has 31 heavy (non-hydrogen) atoms. The molecule has 0 aliphatic carbocycles. The molecule has 9 heteroatoms. The Hall–Kier alpha value is -2.65. The van der Waals surface area contributed by atoms with Gasteiger partial charge in [0.2, 0.25) is 5.91 Å². The van der Waals surface area contributed by atoms with E-state index in [1.807, 2.05) is 47.5 Å². The van der Waals surface area contributed by atoms with E-state index >= 15 is 0 Å². The van der Waals surface area contributed by atoms with Crippen molar-refractivity contribution in [3.8, 4) is 11.5 Å². The second-order valence-electron chi connectivity index (χ2n) is 7.09. The molecule has 1 aromatic heterocycles. The molecule has 2 heterocycles. The number of thiocarbonyl (C=S) groups is 1. The summed E-state index contributed by atoms with van der Waals surface area (Å²) in [6.45, 7) is 3.32. The minimum absolute atomic E-state index is 0.0830. The number of nitrogens with one attached hydrogen (secondary N) is 1. The monoisotopic (exact) mass is 461 g/mol. The first-order chi connectivity index (χ1) is 15.0. The molecule has 7 nitrogen and oxygen atoms in total. The third kappa shape index (κ3) is 5.34. The van der Waals surface area contributed by atoms with E-state index in [1.165, 1.54) is 0 Å².